The Morgan fingerprint density at radius 1 is 1.17 bits per heavy atom. The van der Waals surface area contributed by atoms with Gasteiger partial charge in [-0.3, -0.25) is 0 Å². The Kier molecular flexibility index (Phi) is 4.78. The van der Waals surface area contributed by atoms with Crippen LogP contribution in [0.25, 0.3) is 0 Å². The van der Waals surface area contributed by atoms with Gasteiger partial charge in [0.15, 0.2) is 0 Å². The maximum Gasteiger partial charge on any atom is 0.134 e. The third-order valence-electron chi connectivity index (χ3n) is 3.34. The summed E-state index contributed by atoms with van der Waals surface area (Å²) in [6.45, 7) is 9.70. The summed E-state index contributed by atoms with van der Waals surface area (Å²) in [5, 5.41) is 0.557. The van der Waals surface area contributed by atoms with Crippen LogP contribution in [0.3, 0.4) is 0 Å². The van der Waals surface area contributed by atoms with E-state index in [2.05, 4.69) is 33.6 Å². The number of hydrogen-bond acceptors (Lipinski definition) is 4. The van der Waals surface area contributed by atoms with Crippen molar-refractivity contribution in [3.8, 4) is 0 Å². The molecule has 18 heavy (non-hydrogen) atoms. The highest BCUT2D eigenvalue weighted by Crippen LogP contribution is 2.18. The van der Waals surface area contributed by atoms with Crippen LogP contribution in [0.4, 0.5) is 5.82 Å². The first-order chi connectivity index (χ1) is 8.72. The molecular formula is C13H21ClN4. The molecule has 0 N–H and O–H groups in total. The maximum atomic E-state index is 6.07. The molecule has 0 bridgehead atoms. The van der Waals surface area contributed by atoms with Gasteiger partial charge in [-0.15, -0.1) is 0 Å². The lowest BCUT2D eigenvalue weighted by molar-refractivity contribution is 0.270. The minimum Gasteiger partial charge on any atom is -0.354 e. The predicted molar refractivity (Wildman–Crippen MR) is 75.4 cm³/mol. The average Bonchev–Trinajstić information content (AvgIpc) is 2.38. The Morgan fingerprint density at radius 2 is 1.89 bits per heavy atom. The molecule has 1 aromatic heterocycles. The molecule has 0 atom stereocenters. The average molecular weight is 269 g/mol. The summed E-state index contributed by atoms with van der Waals surface area (Å²) < 4.78 is 0. The number of piperazine rings is 1. The molecule has 0 spiro atoms. The first-order valence-electron chi connectivity index (χ1n) is 6.73. The first-order valence-corrected chi connectivity index (χ1v) is 7.11. The second kappa shape index (κ2) is 6.34. The van der Waals surface area contributed by atoms with Gasteiger partial charge in [0.2, 0.25) is 0 Å². The second-order valence-corrected chi connectivity index (χ2v) is 5.02. The van der Waals surface area contributed by atoms with E-state index in [1.54, 1.807) is 0 Å². The highest BCUT2D eigenvalue weighted by molar-refractivity contribution is 6.29. The smallest absolute Gasteiger partial charge is 0.134 e. The maximum absolute atomic E-state index is 6.07. The van der Waals surface area contributed by atoms with Gasteiger partial charge in [0.1, 0.15) is 16.8 Å². The van der Waals surface area contributed by atoms with Crippen LogP contribution in [0.15, 0.2) is 6.07 Å². The molecule has 0 unspecified atom stereocenters. The topological polar surface area (TPSA) is 32.3 Å². The van der Waals surface area contributed by atoms with Gasteiger partial charge in [0.25, 0.3) is 0 Å². The third kappa shape index (κ3) is 3.33. The molecule has 0 aliphatic carbocycles. The summed E-state index contributed by atoms with van der Waals surface area (Å²) >= 11 is 6.07. The molecule has 100 valence electrons. The van der Waals surface area contributed by atoms with Crippen LogP contribution >= 0.6 is 11.6 Å². The molecule has 2 heterocycles. The number of nitrogens with zero attached hydrogens (tertiary/aromatic N) is 4. The summed E-state index contributed by atoms with van der Waals surface area (Å²) in [6.07, 6.45) is 1.94. The molecule has 0 aromatic carbocycles. The minimum absolute atomic E-state index is 0.557. The fourth-order valence-corrected chi connectivity index (χ4v) is 2.44. The van der Waals surface area contributed by atoms with Gasteiger partial charge in [-0.1, -0.05) is 25.4 Å². The second-order valence-electron chi connectivity index (χ2n) is 4.64. The quantitative estimate of drug-likeness (QED) is 0.784. The Labute approximate surface area is 114 Å². The number of anilines is 1. The van der Waals surface area contributed by atoms with E-state index in [0.29, 0.717) is 5.15 Å². The van der Waals surface area contributed by atoms with E-state index in [1.165, 1.54) is 0 Å². The zero-order chi connectivity index (χ0) is 13.0. The molecule has 2 rings (SSSR count). The van der Waals surface area contributed by atoms with Crippen LogP contribution in [0.5, 0.6) is 0 Å². The van der Waals surface area contributed by atoms with Crippen LogP contribution in [0, 0.1) is 0 Å². The molecule has 0 saturated carbocycles. The van der Waals surface area contributed by atoms with Crippen molar-refractivity contribution < 1.29 is 0 Å². The molecule has 5 heteroatoms. The van der Waals surface area contributed by atoms with Gasteiger partial charge in [-0.05, 0) is 13.0 Å². The summed E-state index contributed by atoms with van der Waals surface area (Å²) in [5.74, 6) is 1.84. The zero-order valence-corrected chi connectivity index (χ0v) is 11.9. The Morgan fingerprint density at radius 3 is 2.50 bits per heavy atom. The van der Waals surface area contributed by atoms with Crippen molar-refractivity contribution in [3.05, 3.63) is 17.0 Å². The fraction of sp³-hybridized carbons (Fsp3) is 0.692. The van der Waals surface area contributed by atoms with E-state index < -0.39 is 0 Å². The van der Waals surface area contributed by atoms with Crippen LogP contribution < -0.4 is 4.90 Å². The van der Waals surface area contributed by atoms with Crippen molar-refractivity contribution in [1.29, 1.82) is 0 Å². The van der Waals surface area contributed by atoms with Gasteiger partial charge in [-0.2, -0.15) is 0 Å². The zero-order valence-electron chi connectivity index (χ0n) is 11.2. The molecular weight excluding hydrogens is 248 g/mol. The summed E-state index contributed by atoms with van der Waals surface area (Å²) in [6, 6.07) is 1.88. The normalized spacial score (nSPS) is 17.2. The lowest BCUT2D eigenvalue weighted by Crippen LogP contribution is -2.46. The summed E-state index contributed by atoms with van der Waals surface area (Å²) in [4.78, 5) is 13.6. The predicted octanol–water partition coefficient (Wildman–Crippen LogP) is 2.22. The molecule has 1 fully saturated rings. The van der Waals surface area contributed by atoms with Crippen molar-refractivity contribution in [3.63, 3.8) is 0 Å². The van der Waals surface area contributed by atoms with E-state index in [0.717, 1.165) is 57.2 Å². The number of aryl methyl sites for hydroxylation is 1. The number of likely N-dealkylation sites (N-methyl/N-ethyl adjacent to an activating group) is 1. The van der Waals surface area contributed by atoms with Crippen molar-refractivity contribution in [2.45, 2.75) is 26.7 Å². The van der Waals surface area contributed by atoms with E-state index in [4.69, 9.17) is 11.6 Å². The number of hydrogen-bond donors (Lipinski definition) is 0. The number of halogens is 1. The van der Waals surface area contributed by atoms with Crippen LogP contribution in [0.1, 0.15) is 26.1 Å². The van der Waals surface area contributed by atoms with Crippen LogP contribution in [-0.2, 0) is 6.42 Å². The van der Waals surface area contributed by atoms with Gasteiger partial charge in [0, 0.05) is 38.7 Å². The number of aromatic nitrogens is 2. The van der Waals surface area contributed by atoms with Gasteiger partial charge >= 0.3 is 0 Å². The Bertz CT molecular complexity index is 389. The van der Waals surface area contributed by atoms with E-state index in [-0.39, 0.29) is 0 Å². The molecule has 4 nitrogen and oxygen atoms in total. The van der Waals surface area contributed by atoms with E-state index >= 15 is 0 Å². The van der Waals surface area contributed by atoms with Crippen molar-refractivity contribution in [1.82, 2.24) is 14.9 Å². The highest BCUT2D eigenvalue weighted by Gasteiger charge is 2.17. The van der Waals surface area contributed by atoms with Gasteiger partial charge in [0.05, 0.1) is 0 Å². The largest absolute Gasteiger partial charge is 0.354 e. The SMILES string of the molecule is CCCc1nc(Cl)cc(N2CCN(CC)CC2)n1. The Hall–Kier alpha value is -0.870. The molecule has 1 saturated heterocycles. The first kappa shape index (κ1) is 13.6. The van der Waals surface area contributed by atoms with Crippen molar-refractivity contribution in [2.24, 2.45) is 0 Å². The standard InChI is InChI=1S/C13H21ClN4/c1-3-5-12-15-11(14)10-13(16-12)18-8-6-17(4-2)7-9-18/h10H,3-9H2,1-2H3. The van der Waals surface area contributed by atoms with E-state index in [9.17, 15) is 0 Å². The van der Waals surface area contributed by atoms with Gasteiger partial charge in [-0.25, -0.2) is 9.97 Å². The lowest BCUT2D eigenvalue weighted by atomic mass is 10.3. The monoisotopic (exact) mass is 268 g/mol. The molecule has 0 amide bonds. The van der Waals surface area contributed by atoms with Crippen molar-refractivity contribution in [2.75, 3.05) is 37.6 Å². The number of rotatable bonds is 4. The van der Waals surface area contributed by atoms with Gasteiger partial charge < -0.3 is 9.80 Å². The summed E-state index contributed by atoms with van der Waals surface area (Å²) in [5.41, 5.74) is 0. The Balaban J connectivity index is 2.08. The van der Waals surface area contributed by atoms with E-state index in [1.807, 2.05) is 6.07 Å². The molecule has 0 radical (unpaired) electrons. The minimum atomic E-state index is 0.557. The fourth-order valence-electron chi connectivity index (χ4n) is 2.24. The lowest BCUT2D eigenvalue weighted by Gasteiger charge is -2.34. The summed E-state index contributed by atoms with van der Waals surface area (Å²) in [7, 11) is 0. The molecule has 1 aliphatic rings. The molecule has 1 aliphatic heterocycles. The highest BCUT2D eigenvalue weighted by atomic mass is 35.5. The third-order valence-corrected chi connectivity index (χ3v) is 3.54. The molecule has 1 aromatic rings. The van der Waals surface area contributed by atoms with Crippen molar-refractivity contribution >= 4 is 17.4 Å². The van der Waals surface area contributed by atoms with Crippen LogP contribution in [-0.4, -0.2) is 47.6 Å². The van der Waals surface area contributed by atoms with Crippen LogP contribution in [0.2, 0.25) is 5.15 Å².